The number of aromatic nitrogens is 2. The second-order valence-corrected chi connectivity index (χ2v) is 8.05. The standard InChI is InChI=1S/C16H19N3O6S/c1-9(2)5-14-17-15(25-18-14)8-19-16(20)10-6-11(23-3)12(24-4)7-13(10)26(19,21)22/h6-7,9H,5,8H2,1-4H3. The fourth-order valence-electron chi connectivity index (χ4n) is 2.69. The van der Waals surface area contributed by atoms with Crippen molar-refractivity contribution in [3.63, 3.8) is 0 Å². The molecule has 0 radical (unpaired) electrons. The van der Waals surface area contributed by atoms with Crippen LogP contribution in [0.4, 0.5) is 0 Å². The molecule has 26 heavy (non-hydrogen) atoms. The molecule has 0 saturated carbocycles. The smallest absolute Gasteiger partial charge is 0.269 e. The number of carbonyl (C=O) groups excluding carboxylic acids is 1. The van der Waals surface area contributed by atoms with Crippen LogP contribution in [-0.2, 0) is 23.0 Å². The largest absolute Gasteiger partial charge is 0.493 e. The third-order valence-electron chi connectivity index (χ3n) is 3.89. The van der Waals surface area contributed by atoms with Gasteiger partial charge >= 0.3 is 0 Å². The number of hydrogen-bond acceptors (Lipinski definition) is 8. The van der Waals surface area contributed by atoms with Crippen LogP contribution in [-0.4, -0.2) is 43.0 Å². The van der Waals surface area contributed by atoms with Crippen LogP contribution in [0.2, 0.25) is 0 Å². The molecule has 1 aliphatic heterocycles. The molecule has 0 N–H and O–H groups in total. The lowest BCUT2D eigenvalue weighted by Gasteiger charge is -2.11. The number of methoxy groups -OCH3 is 2. The summed E-state index contributed by atoms with van der Waals surface area (Å²) in [5.74, 6) is 0.672. The Labute approximate surface area is 150 Å². The molecule has 0 bridgehead atoms. The van der Waals surface area contributed by atoms with Gasteiger partial charge in [-0.05, 0) is 12.0 Å². The van der Waals surface area contributed by atoms with Crippen LogP contribution in [0.3, 0.4) is 0 Å². The van der Waals surface area contributed by atoms with E-state index in [1.807, 2.05) is 13.8 Å². The van der Waals surface area contributed by atoms with Gasteiger partial charge in [-0.2, -0.15) is 4.98 Å². The van der Waals surface area contributed by atoms with E-state index in [2.05, 4.69) is 10.1 Å². The van der Waals surface area contributed by atoms with Crippen molar-refractivity contribution >= 4 is 15.9 Å². The molecule has 2 aromatic rings. The maximum Gasteiger partial charge on any atom is 0.269 e. The summed E-state index contributed by atoms with van der Waals surface area (Å²) in [4.78, 5) is 16.7. The molecule has 0 fully saturated rings. The molecule has 0 saturated heterocycles. The zero-order valence-corrected chi connectivity index (χ0v) is 15.7. The van der Waals surface area contributed by atoms with E-state index in [0.29, 0.717) is 22.5 Å². The molecular formula is C16H19N3O6S. The Morgan fingerprint density at radius 1 is 1.19 bits per heavy atom. The molecule has 0 aliphatic carbocycles. The van der Waals surface area contributed by atoms with Crippen molar-refractivity contribution < 1.29 is 27.2 Å². The van der Waals surface area contributed by atoms with Crippen molar-refractivity contribution in [3.8, 4) is 11.5 Å². The van der Waals surface area contributed by atoms with Crippen molar-refractivity contribution in [2.24, 2.45) is 5.92 Å². The van der Waals surface area contributed by atoms with E-state index in [4.69, 9.17) is 14.0 Å². The van der Waals surface area contributed by atoms with E-state index in [1.54, 1.807) is 0 Å². The Kier molecular flexibility index (Phi) is 4.61. The first kappa shape index (κ1) is 18.2. The minimum absolute atomic E-state index is 0.0181. The van der Waals surface area contributed by atoms with Gasteiger partial charge in [-0.15, -0.1) is 0 Å². The van der Waals surface area contributed by atoms with Crippen molar-refractivity contribution in [1.82, 2.24) is 14.4 Å². The van der Waals surface area contributed by atoms with Crippen LogP contribution in [0.1, 0.15) is 35.9 Å². The van der Waals surface area contributed by atoms with Gasteiger partial charge in [-0.25, -0.2) is 12.7 Å². The van der Waals surface area contributed by atoms with Gasteiger partial charge in [0.05, 0.1) is 19.8 Å². The summed E-state index contributed by atoms with van der Waals surface area (Å²) >= 11 is 0. The van der Waals surface area contributed by atoms with Crippen molar-refractivity contribution in [2.75, 3.05) is 14.2 Å². The van der Waals surface area contributed by atoms with E-state index in [-0.39, 0.29) is 34.4 Å². The number of rotatable bonds is 6. The van der Waals surface area contributed by atoms with E-state index >= 15 is 0 Å². The molecule has 2 heterocycles. The Balaban J connectivity index is 1.95. The first-order valence-electron chi connectivity index (χ1n) is 7.92. The quantitative estimate of drug-likeness (QED) is 0.742. The zero-order chi connectivity index (χ0) is 19.1. The fraction of sp³-hybridized carbons (Fsp3) is 0.438. The molecular weight excluding hydrogens is 362 g/mol. The predicted molar refractivity (Wildman–Crippen MR) is 89.4 cm³/mol. The number of carbonyl (C=O) groups is 1. The molecule has 140 valence electrons. The van der Waals surface area contributed by atoms with Crippen LogP contribution in [0.15, 0.2) is 21.6 Å². The highest BCUT2D eigenvalue weighted by molar-refractivity contribution is 7.90. The molecule has 0 unspecified atom stereocenters. The summed E-state index contributed by atoms with van der Waals surface area (Å²) in [5.41, 5.74) is 0.0181. The first-order valence-corrected chi connectivity index (χ1v) is 9.36. The van der Waals surface area contributed by atoms with Gasteiger partial charge in [0, 0.05) is 12.5 Å². The fourth-order valence-corrected chi connectivity index (χ4v) is 4.20. The predicted octanol–water partition coefficient (Wildman–Crippen LogP) is 1.63. The second kappa shape index (κ2) is 6.60. The number of nitrogens with zero attached hydrogens (tertiary/aromatic N) is 3. The number of amides is 1. The van der Waals surface area contributed by atoms with Crippen LogP contribution < -0.4 is 9.47 Å². The zero-order valence-electron chi connectivity index (χ0n) is 14.8. The monoisotopic (exact) mass is 381 g/mol. The van der Waals surface area contributed by atoms with Crippen LogP contribution in [0.5, 0.6) is 11.5 Å². The van der Waals surface area contributed by atoms with Gasteiger partial charge in [0.25, 0.3) is 15.9 Å². The molecule has 1 amide bonds. The summed E-state index contributed by atoms with van der Waals surface area (Å²) in [6.45, 7) is 3.68. The Hall–Kier alpha value is -2.62. The summed E-state index contributed by atoms with van der Waals surface area (Å²) in [6.07, 6.45) is 0.596. The lowest BCUT2D eigenvalue weighted by Crippen LogP contribution is -2.29. The lowest BCUT2D eigenvalue weighted by molar-refractivity contribution is 0.0854. The van der Waals surface area contributed by atoms with Gasteiger partial charge in [0.2, 0.25) is 5.89 Å². The highest BCUT2D eigenvalue weighted by Crippen LogP contribution is 2.39. The third-order valence-corrected chi connectivity index (χ3v) is 5.66. The van der Waals surface area contributed by atoms with Crippen molar-refractivity contribution in [1.29, 1.82) is 0 Å². The third kappa shape index (κ3) is 3.00. The van der Waals surface area contributed by atoms with Gasteiger partial charge in [0.15, 0.2) is 17.3 Å². The topological polar surface area (TPSA) is 112 Å². The van der Waals surface area contributed by atoms with E-state index in [0.717, 1.165) is 0 Å². The number of benzene rings is 1. The number of hydrogen-bond donors (Lipinski definition) is 0. The molecule has 0 spiro atoms. The van der Waals surface area contributed by atoms with E-state index in [9.17, 15) is 13.2 Å². The first-order chi connectivity index (χ1) is 12.3. The van der Waals surface area contributed by atoms with Crippen LogP contribution in [0.25, 0.3) is 0 Å². The lowest BCUT2D eigenvalue weighted by atomic mass is 10.1. The SMILES string of the molecule is COc1cc2c(cc1OC)S(=O)(=O)N(Cc1nc(CC(C)C)no1)C2=O. The Morgan fingerprint density at radius 3 is 2.46 bits per heavy atom. The number of ether oxygens (including phenoxy) is 2. The molecule has 1 aromatic carbocycles. The van der Waals surface area contributed by atoms with Crippen LogP contribution >= 0.6 is 0 Å². The minimum atomic E-state index is -4.04. The summed E-state index contributed by atoms with van der Waals surface area (Å²) in [7, 11) is -1.25. The van der Waals surface area contributed by atoms with Gasteiger partial charge in [0.1, 0.15) is 11.4 Å². The average molecular weight is 381 g/mol. The normalized spacial score (nSPS) is 15.4. The highest BCUT2D eigenvalue weighted by Gasteiger charge is 2.43. The van der Waals surface area contributed by atoms with Gasteiger partial charge in [-0.3, -0.25) is 4.79 Å². The van der Waals surface area contributed by atoms with Gasteiger partial charge < -0.3 is 14.0 Å². The molecule has 1 aromatic heterocycles. The summed E-state index contributed by atoms with van der Waals surface area (Å²) in [5, 5.41) is 3.82. The van der Waals surface area contributed by atoms with Crippen molar-refractivity contribution in [3.05, 3.63) is 29.4 Å². The Morgan fingerprint density at radius 2 is 1.85 bits per heavy atom. The molecule has 10 heteroatoms. The maximum absolute atomic E-state index is 12.8. The molecule has 0 atom stereocenters. The Bertz CT molecular complexity index is 951. The van der Waals surface area contributed by atoms with E-state index < -0.39 is 15.9 Å². The highest BCUT2D eigenvalue weighted by atomic mass is 32.2. The number of sulfonamides is 1. The second-order valence-electron chi connectivity index (χ2n) is 6.22. The molecule has 1 aliphatic rings. The minimum Gasteiger partial charge on any atom is -0.493 e. The van der Waals surface area contributed by atoms with Crippen molar-refractivity contribution in [2.45, 2.75) is 31.7 Å². The van der Waals surface area contributed by atoms with Gasteiger partial charge in [-0.1, -0.05) is 19.0 Å². The molecule has 3 rings (SSSR count). The summed E-state index contributed by atoms with van der Waals surface area (Å²) < 4.78 is 41.6. The van der Waals surface area contributed by atoms with E-state index in [1.165, 1.54) is 26.4 Å². The maximum atomic E-state index is 12.8. The molecule has 9 nitrogen and oxygen atoms in total. The summed E-state index contributed by atoms with van der Waals surface area (Å²) in [6, 6.07) is 2.63. The average Bonchev–Trinajstić information content (AvgIpc) is 3.10. The number of fused-ring (bicyclic) bond motifs is 1. The van der Waals surface area contributed by atoms with Crippen LogP contribution in [0, 0.1) is 5.92 Å².